The number of benzene rings is 1. The first-order chi connectivity index (χ1) is 6.40. The molecule has 0 aromatic heterocycles. The first-order valence-corrected chi connectivity index (χ1v) is 4.57. The van der Waals surface area contributed by atoms with Crippen molar-refractivity contribution in [2.24, 2.45) is 0 Å². The Bertz CT molecular complexity index is 400. The lowest BCUT2D eigenvalue weighted by Crippen LogP contribution is -2.18. The summed E-state index contributed by atoms with van der Waals surface area (Å²) >= 11 is 0. The van der Waals surface area contributed by atoms with Gasteiger partial charge < -0.3 is 0 Å². The van der Waals surface area contributed by atoms with Crippen LogP contribution < -0.4 is 0 Å². The second kappa shape index (κ2) is 3.42. The van der Waals surface area contributed by atoms with Gasteiger partial charge in [-0.1, -0.05) is 6.07 Å². The highest BCUT2D eigenvalue weighted by atomic mass is 19.1. The minimum absolute atomic E-state index is 0.242. The molecular formula is C12H14FN. The van der Waals surface area contributed by atoms with E-state index >= 15 is 0 Å². The predicted octanol–water partition coefficient (Wildman–Crippen LogP) is 3.24. The Morgan fingerprint density at radius 1 is 1.29 bits per heavy atom. The van der Waals surface area contributed by atoms with Gasteiger partial charge in [0.2, 0.25) is 0 Å². The van der Waals surface area contributed by atoms with Gasteiger partial charge in [-0.15, -0.1) is 0 Å². The molecule has 0 atom stereocenters. The lowest BCUT2D eigenvalue weighted by molar-refractivity contribution is 0.598. The quantitative estimate of drug-likeness (QED) is 0.668. The van der Waals surface area contributed by atoms with Gasteiger partial charge in [0.25, 0.3) is 0 Å². The largest absolute Gasteiger partial charge is 0.207 e. The van der Waals surface area contributed by atoms with Gasteiger partial charge in [0.1, 0.15) is 5.82 Å². The molecule has 0 unspecified atom stereocenters. The highest BCUT2D eigenvalue weighted by Crippen LogP contribution is 2.29. The van der Waals surface area contributed by atoms with Crippen LogP contribution in [0.15, 0.2) is 12.1 Å². The van der Waals surface area contributed by atoms with E-state index in [4.69, 9.17) is 5.26 Å². The van der Waals surface area contributed by atoms with Crippen LogP contribution in [0.25, 0.3) is 0 Å². The van der Waals surface area contributed by atoms with Crippen LogP contribution in [0.1, 0.15) is 30.5 Å². The molecule has 1 rings (SSSR count). The highest BCUT2D eigenvalue weighted by Gasteiger charge is 2.25. The van der Waals surface area contributed by atoms with Gasteiger partial charge in [-0.2, -0.15) is 5.26 Å². The van der Waals surface area contributed by atoms with Crippen LogP contribution in [0.2, 0.25) is 0 Å². The van der Waals surface area contributed by atoms with Gasteiger partial charge in [0.05, 0.1) is 11.5 Å². The lowest BCUT2D eigenvalue weighted by atomic mass is 9.80. The molecule has 0 radical (unpaired) electrons. The van der Waals surface area contributed by atoms with Crippen molar-refractivity contribution in [2.45, 2.75) is 33.1 Å². The maximum Gasteiger partial charge on any atom is 0.126 e. The first kappa shape index (κ1) is 10.7. The van der Waals surface area contributed by atoms with Crippen molar-refractivity contribution in [2.75, 3.05) is 0 Å². The minimum Gasteiger partial charge on any atom is -0.207 e. The number of aryl methyl sites for hydroxylation is 1. The summed E-state index contributed by atoms with van der Waals surface area (Å²) < 4.78 is 13.3. The fourth-order valence-corrected chi connectivity index (χ4v) is 1.84. The summed E-state index contributed by atoms with van der Waals surface area (Å²) in [5.41, 5.74) is 1.72. The Morgan fingerprint density at radius 3 is 2.36 bits per heavy atom. The third-order valence-corrected chi connectivity index (χ3v) is 2.51. The Hall–Kier alpha value is -1.36. The predicted molar refractivity (Wildman–Crippen MR) is 54.5 cm³/mol. The van der Waals surface area contributed by atoms with E-state index in [0.29, 0.717) is 5.56 Å². The number of rotatable bonds is 1. The fraction of sp³-hybridized carbons (Fsp3) is 0.417. The van der Waals surface area contributed by atoms with Gasteiger partial charge in [-0.05, 0) is 50.5 Å². The summed E-state index contributed by atoms with van der Waals surface area (Å²) in [6.45, 7) is 7.24. The zero-order valence-corrected chi connectivity index (χ0v) is 8.98. The molecule has 74 valence electrons. The molecule has 0 aliphatic carbocycles. The Balaban J connectivity index is 3.49. The molecular weight excluding hydrogens is 177 g/mol. The average molecular weight is 191 g/mol. The van der Waals surface area contributed by atoms with Gasteiger partial charge in [-0.3, -0.25) is 0 Å². The normalized spacial score (nSPS) is 11.1. The molecule has 0 aliphatic heterocycles. The van der Waals surface area contributed by atoms with E-state index in [1.165, 1.54) is 6.07 Å². The summed E-state index contributed by atoms with van der Waals surface area (Å²) in [7, 11) is 0. The second-order valence-corrected chi connectivity index (χ2v) is 4.10. The maximum absolute atomic E-state index is 13.3. The number of hydrogen-bond acceptors (Lipinski definition) is 1. The van der Waals surface area contributed by atoms with Crippen molar-refractivity contribution < 1.29 is 4.39 Å². The number of halogens is 1. The van der Waals surface area contributed by atoms with Crippen LogP contribution >= 0.6 is 0 Å². The highest BCUT2D eigenvalue weighted by molar-refractivity contribution is 5.43. The third kappa shape index (κ3) is 1.63. The monoisotopic (exact) mass is 191 g/mol. The third-order valence-electron chi connectivity index (χ3n) is 2.51. The van der Waals surface area contributed by atoms with Gasteiger partial charge >= 0.3 is 0 Å². The molecule has 0 aliphatic rings. The van der Waals surface area contributed by atoms with E-state index in [1.807, 2.05) is 20.8 Å². The van der Waals surface area contributed by atoms with Gasteiger partial charge in [0, 0.05) is 0 Å². The van der Waals surface area contributed by atoms with E-state index < -0.39 is 5.41 Å². The Labute approximate surface area is 84.2 Å². The zero-order valence-electron chi connectivity index (χ0n) is 8.98. The molecule has 0 spiro atoms. The van der Waals surface area contributed by atoms with Crippen molar-refractivity contribution in [3.05, 3.63) is 34.6 Å². The molecule has 0 heterocycles. The van der Waals surface area contributed by atoms with Crippen LogP contribution in [-0.4, -0.2) is 0 Å². The van der Waals surface area contributed by atoms with Crippen LogP contribution in [0.5, 0.6) is 0 Å². The molecule has 1 nitrogen and oxygen atoms in total. The van der Waals surface area contributed by atoms with E-state index in [-0.39, 0.29) is 5.82 Å². The standard InChI is InChI=1S/C12H14FN/c1-8-5-6-10(13)9(2)11(8)12(3,4)7-14/h5-6H,1-4H3. The van der Waals surface area contributed by atoms with Crippen LogP contribution in [0.3, 0.4) is 0 Å². The lowest BCUT2D eigenvalue weighted by Gasteiger charge is -2.21. The fourth-order valence-electron chi connectivity index (χ4n) is 1.84. The van der Waals surface area contributed by atoms with E-state index in [0.717, 1.165) is 11.1 Å². The van der Waals surface area contributed by atoms with Crippen molar-refractivity contribution in [1.29, 1.82) is 5.26 Å². The first-order valence-electron chi connectivity index (χ1n) is 4.57. The van der Waals surface area contributed by atoms with Gasteiger partial charge in [0.15, 0.2) is 0 Å². The van der Waals surface area contributed by atoms with Crippen molar-refractivity contribution in [3.8, 4) is 6.07 Å². The molecule has 1 aromatic rings. The minimum atomic E-state index is -0.629. The summed E-state index contributed by atoms with van der Waals surface area (Å²) in [6.07, 6.45) is 0. The Morgan fingerprint density at radius 2 is 1.86 bits per heavy atom. The smallest absolute Gasteiger partial charge is 0.126 e. The van der Waals surface area contributed by atoms with Crippen molar-refractivity contribution >= 4 is 0 Å². The Kier molecular flexibility index (Phi) is 2.62. The number of hydrogen-bond donors (Lipinski definition) is 0. The van der Waals surface area contributed by atoms with E-state index in [1.54, 1.807) is 13.0 Å². The number of nitrogens with zero attached hydrogens (tertiary/aromatic N) is 1. The topological polar surface area (TPSA) is 23.8 Å². The van der Waals surface area contributed by atoms with Crippen LogP contribution in [0, 0.1) is 31.0 Å². The molecule has 0 fully saturated rings. The summed E-state index contributed by atoms with van der Waals surface area (Å²) in [4.78, 5) is 0. The van der Waals surface area contributed by atoms with Crippen molar-refractivity contribution in [3.63, 3.8) is 0 Å². The molecule has 0 bridgehead atoms. The molecule has 0 saturated carbocycles. The summed E-state index contributed by atoms with van der Waals surface area (Å²) in [6, 6.07) is 5.36. The number of nitriles is 1. The van der Waals surface area contributed by atoms with Crippen LogP contribution in [-0.2, 0) is 5.41 Å². The van der Waals surface area contributed by atoms with E-state index in [2.05, 4.69) is 6.07 Å². The average Bonchev–Trinajstić information content (AvgIpc) is 2.12. The molecule has 0 saturated heterocycles. The molecule has 1 aromatic carbocycles. The zero-order chi connectivity index (χ0) is 10.9. The molecule has 0 N–H and O–H groups in total. The summed E-state index contributed by atoms with van der Waals surface area (Å²) in [5, 5.41) is 9.01. The molecule has 0 amide bonds. The SMILES string of the molecule is Cc1ccc(F)c(C)c1C(C)(C)C#N. The van der Waals surface area contributed by atoms with E-state index in [9.17, 15) is 4.39 Å². The van der Waals surface area contributed by atoms with Crippen molar-refractivity contribution in [1.82, 2.24) is 0 Å². The second-order valence-electron chi connectivity index (χ2n) is 4.10. The van der Waals surface area contributed by atoms with Gasteiger partial charge in [-0.25, -0.2) is 4.39 Å². The maximum atomic E-state index is 13.3. The summed E-state index contributed by atoms with van der Waals surface area (Å²) in [5.74, 6) is -0.242. The molecule has 2 heteroatoms. The molecule has 14 heavy (non-hydrogen) atoms. The van der Waals surface area contributed by atoms with Crippen LogP contribution in [0.4, 0.5) is 4.39 Å².